The first-order chi connectivity index (χ1) is 9.15. The van der Waals surface area contributed by atoms with Gasteiger partial charge < -0.3 is 15.2 Å². The van der Waals surface area contributed by atoms with Crippen LogP contribution in [0.4, 0.5) is 0 Å². The van der Waals surface area contributed by atoms with Gasteiger partial charge in [0.05, 0.1) is 16.8 Å². The molecule has 2 aromatic rings. The second-order valence-corrected chi connectivity index (χ2v) is 5.97. The summed E-state index contributed by atoms with van der Waals surface area (Å²) in [5, 5.41) is 14.1. The fraction of sp³-hybridized carbons (Fsp3) is 0.231. The third-order valence-electron chi connectivity index (χ3n) is 3.18. The number of carbonyl (C=O) groups excluding carboxylic acids is 1. The minimum Gasteiger partial charge on any atom is -0.544 e. The van der Waals surface area contributed by atoms with Gasteiger partial charge in [-0.3, -0.25) is 0 Å². The molecule has 3 rings (SSSR count). The number of aliphatic carboxylic acids is 1. The van der Waals surface area contributed by atoms with Gasteiger partial charge in [-0.15, -0.1) is 0 Å². The number of pyridine rings is 1. The summed E-state index contributed by atoms with van der Waals surface area (Å²) in [6.45, 7) is 0. The zero-order valence-electron chi connectivity index (χ0n) is 9.88. The molecule has 2 atom stereocenters. The molecule has 4 nitrogen and oxygen atoms in total. The molecule has 0 aliphatic carbocycles. The molecule has 0 saturated carbocycles. The van der Waals surface area contributed by atoms with Crippen LogP contribution in [0, 0.1) is 0 Å². The van der Waals surface area contributed by atoms with Crippen molar-refractivity contribution in [1.82, 2.24) is 4.98 Å². The molecule has 1 fully saturated rings. The first kappa shape index (κ1) is 12.7. The van der Waals surface area contributed by atoms with Crippen LogP contribution < -0.4 is 10.4 Å². The van der Waals surface area contributed by atoms with E-state index in [1.165, 1.54) is 0 Å². The molecule has 1 aromatic carbocycles. The average Bonchev–Trinajstić information content (AvgIpc) is 2.87. The lowest BCUT2D eigenvalue weighted by molar-refractivity contribution is -0.690. The normalized spacial score (nSPS) is 22.8. The SMILES string of the molecule is O=C([O-])[C@@H]1CS[C@H](c2cc3ccccc3nc2Cl)[NH2+]1. The number of quaternary nitrogens is 1. The van der Waals surface area contributed by atoms with E-state index in [-0.39, 0.29) is 5.37 Å². The van der Waals surface area contributed by atoms with E-state index in [0.29, 0.717) is 10.9 Å². The Morgan fingerprint density at radius 2 is 2.26 bits per heavy atom. The fourth-order valence-electron chi connectivity index (χ4n) is 2.18. The van der Waals surface area contributed by atoms with E-state index < -0.39 is 12.0 Å². The van der Waals surface area contributed by atoms with E-state index in [1.807, 2.05) is 30.3 Å². The molecule has 19 heavy (non-hydrogen) atoms. The highest BCUT2D eigenvalue weighted by Crippen LogP contribution is 2.32. The maximum absolute atomic E-state index is 10.9. The number of carboxylic acids is 1. The van der Waals surface area contributed by atoms with Gasteiger partial charge in [-0.1, -0.05) is 41.6 Å². The van der Waals surface area contributed by atoms with Gasteiger partial charge in [-0.2, -0.15) is 0 Å². The molecule has 0 bridgehead atoms. The van der Waals surface area contributed by atoms with E-state index in [9.17, 15) is 9.90 Å². The van der Waals surface area contributed by atoms with Crippen molar-refractivity contribution in [3.05, 3.63) is 41.0 Å². The predicted molar refractivity (Wildman–Crippen MR) is 72.7 cm³/mol. The number of aromatic nitrogens is 1. The molecular formula is C13H11ClN2O2S. The molecule has 0 radical (unpaired) electrons. The van der Waals surface area contributed by atoms with Crippen molar-refractivity contribution in [1.29, 1.82) is 0 Å². The molecule has 2 heterocycles. The van der Waals surface area contributed by atoms with Crippen molar-refractivity contribution in [3.8, 4) is 0 Å². The number of carbonyl (C=O) groups is 1. The van der Waals surface area contributed by atoms with Crippen molar-refractivity contribution in [2.45, 2.75) is 11.4 Å². The summed E-state index contributed by atoms with van der Waals surface area (Å²) >= 11 is 7.76. The van der Waals surface area contributed by atoms with Gasteiger partial charge in [0, 0.05) is 5.39 Å². The second kappa shape index (κ2) is 5.00. The number of fused-ring (bicyclic) bond motifs is 1. The van der Waals surface area contributed by atoms with Crippen LogP contribution >= 0.6 is 23.4 Å². The lowest BCUT2D eigenvalue weighted by Crippen LogP contribution is -2.90. The van der Waals surface area contributed by atoms with Gasteiger partial charge >= 0.3 is 0 Å². The van der Waals surface area contributed by atoms with Gasteiger partial charge in [0.1, 0.15) is 17.2 Å². The largest absolute Gasteiger partial charge is 0.544 e. The fourth-order valence-corrected chi connectivity index (χ4v) is 3.83. The highest BCUT2D eigenvalue weighted by molar-refractivity contribution is 7.99. The molecular weight excluding hydrogens is 284 g/mol. The summed E-state index contributed by atoms with van der Waals surface area (Å²) < 4.78 is 0. The Bertz CT molecular complexity index is 650. The van der Waals surface area contributed by atoms with Crippen molar-refractivity contribution in [2.24, 2.45) is 0 Å². The van der Waals surface area contributed by atoms with Gasteiger partial charge in [-0.25, -0.2) is 4.98 Å². The Kier molecular flexibility index (Phi) is 3.35. The number of rotatable bonds is 2. The van der Waals surface area contributed by atoms with E-state index >= 15 is 0 Å². The number of hydrogen-bond donors (Lipinski definition) is 1. The highest BCUT2D eigenvalue weighted by atomic mass is 35.5. The van der Waals surface area contributed by atoms with Crippen molar-refractivity contribution >= 4 is 40.2 Å². The van der Waals surface area contributed by atoms with Gasteiger partial charge in [0.2, 0.25) is 0 Å². The zero-order chi connectivity index (χ0) is 13.4. The Balaban J connectivity index is 1.97. The van der Waals surface area contributed by atoms with Crippen LogP contribution in [0.5, 0.6) is 0 Å². The summed E-state index contributed by atoms with van der Waals surface area (Å²) in [7, 11) is 0. The summed E-state index contributed by atoms with van der Waals surface area (Å²) in [6.07, 6.45) is 0. The second-order valence-electron chi connectivity index (χ2n) is 4.43. The number of para-hydroxylation sites is 1. The third-order valence-corrected chi connectivity index (χ3v) is 4.80. The Labute approximate surface area is 119 Å². The zero-order valence-corrected chi connectivity index (χ0v) is 11.4. The molecule has 6 heteroatoms. The number of hydrogen-bond acceptors (Lipinski definition) is 4. The van der Waals surface area contributed by atoms with E-state index in [1.54, 1.807) is 17.1 Å². The monoisotopic (exact) mass is 294 g/mol. The Morgan fingerprint density at radius 1 is 1.47 bits per heavy atom. The summed E-state index contributed by atoms with van der Waals surface area (Å²) in [6, 6.07) is 9.19. The number of benzene rings is 1. The maximum Gasteiger partial charge on any atom is 0.162 e. The summed E-state index contributed by atoms with van der Waals surface area (Å²) in [4.78, 5) is 15.2. The van der Waals surface area contributed by atoms with Gasteiger partial charge in [0.15, 0.2) is 5.37 Å². The van der Waals surface area contributed by atoms with Crippen LogP contribution in [0.1, 0.15) is 10.9 Å². The molecule has 1 saturated heterocycles. The third kappa shape index (κ3) is 2.41. The van der Waals surface area contributed by atoms with Crippen LogP contribution in [0.25, 0.3) is 10.9 Å². The summed E-state index contributed by atoms with van der Waals surface area (Å²) in [5.41, 5.74) is 1.71. The average molecular weight is 295 g/mol. The molecule has 0 amide bonds. The van der Waals surface area contributed by atoms with Crippen molar-refractivity contribution in [3.63, 3.8) is 0 Å². The van der Waals surface area contributed by atoms with Crippen LogP contribution in [0.3, 0.4) is 0 Å². The maximum atomic E-state index is 10.9. The van der Waals surface area contributed by atoms with Crippen LogP contribution in [0.15, 0.2) is 30.3 Å². The molecule has 1 aliphatic rings. The predicted octanol–water partition coefficient (Wildman–Crippen LogP) is 0.316. The Morgan fingerprint density at radius 3 is 3.00 bits per heavy atom. The number of thioether (sulfide) groups is 1. The first-order valence-corrected chi connectivity index (χ1v) is 7.30. The van der Waals surface area contributed by atoms with Crippen molar-refractivity contribution < 1.29 is 15.2 Å². The number of carboxylic acid groups (broad SMARTS) is 1. The van der Waals surface area contributed by atoms with E-state index in [4.69, 9.17) is 11.6 Å². The Hall–Kier alpha value is -1.30. The lowest BCUT2D eigenvalue weighted by atomic mass is 10.1. The quantitative estimate of drug-likeness (QED) is 0.810. The number of nitrogens with two attached hydrogens (primary N) is 1. The van der Waals surface area contributed by atoms with Crippen LogP contribution in [-0.2, 0) is 4.79 Å². The molecule has 98 valence electrons. The molecule has 1 aliphatic heterocycles. The highest BCUT2D eigenvalue weighted by Gasteiger charge is 2.32. The minimum atomic E-state index is -1.03. The molecule has 0 unspecified atom stereocenters. The van der Waals surface area contributed by atoms with Gasteiger partial charge in [-0.05, 0) is 12.1 Å². The van der Waals surface area contributed by atoms with Gasteiger partial charge in [0.25, 0.3) is 0 Å². The molecule has 2 N–H and O–H groups in total. The standard InChI is InChI=1S/C13H11ClN2O2S/c14-11-8(12-16-10(6-19-12)13(17)18)5-7-3-1-2-4-9(7)15-11/h1-5,10,12,16H,6H2,(H,17,18)/t10-,12+/m0/s1. The summed E-state index contributed by atoms with van der Waals surface area (Å²) in [5.74, 6) is -0.504. The van der Waals surface area contributed by atoms with Crippen LogP contribution in [-0.4, -0.2) is 22.7 Å². The topological polar surface area (TPSA) is 69.6 Å². The number of halogens is 1. The van der Waals surface area contributed by atoms with Crippen molar-refractivity contribution in [2.75, 3.05) is 5.75 Å². The first-order valence-electron chi connectivity index (χ1n) is 5.88. The smallest absolute Gasteiger partial charge is 0.162 e. The number of nitrogens with zero attached hydrogens (tertiary/aromatic N) is 1. The van der Waals surface area contributed by atoms with E-state index in [0.717, 1.165) is 16.5 Å². The van der Waals surface area contributed by atoms with E-state index in [2.05, 4.69) is 4.98 Å². The lowest BCUT2D eigenvalue weighted by Gasteiger charge is -2.12. The minimum absolute atomic E-state index is 0.0347. The van der Waals surface area contributed by atoms with Crippen LogP contribution in [0.2, 0.25) is 5.15 Å². The molecule has 1 aromatic heterocycles. The molecule has 0 spiro atoms.